The third-order valence-corrected chi connectivity index (χ3v) is 6.32. The van der Waals surface area contributed by atoms with Crippen molar-refractivity contribution in [2.24, 2.45) is 5.92 Å². The fourth-order valence-corrected chi connectivity index (χ4v) is 4.84. The van der Waals surface area contributed by atoms with Gasteiger partial charge in [-0.05, 0) is 63.4 Å². The van der Waals surface area contributed by atoms with Crippen LogP contribution in [-0.2, 0) is 11.3 Å². The highest BCUT2D eigenvalue weighted by Crippen LogP contribution is 2.26. The highest BCUT2D eigenvalue weighted by atomic mass is 35.5. The van der Waals surface area contributed by atoms with E-state index in [1.165, 1.54) is 32.2 Å². The second-order valence-corrected chi connectivity index (χ2v) is 8.57. The van der Waals surface area contributed by atoms with Gasteiger partial charge in [-0.2, -0.15) is 0 Å². The highest BCUT2D eigenvalue weighted by molar-refractivity contribution is 7.16. The van der Waals surface area contributed by atoms with Crippen LogP contribution in [0.4, 0.5) is 0 Å². The standard InChI is InChI=1S/C17H26ClN3OS/c1-20(11-14-4-5-16(18)23-14)17(22)12-21-9-6-13(7-10-21)15-3-2-8-19-15/h4-5,13,15,19H,2-3,6-12H2,1H3. The van der Waals surface area contributed by atoms with Crippen molar-refractivity contribution in [3.63, 3.8) is 0 Å². The molecule has 0 bridgehead atoms. The number of halogens is 1. The molecule has 1 aromatic heterocycles. The first kappa shape index (κ1) is 17.2. The molecule has 0 aromatic carbocycles. The predicted molar refractivity (Wildman–Crippen MR) is 96.0 cm³/mol. The summed E-state index contributed by atoms with van der Waals surface area (Å²) in [4.78, 5) is 17.7. The number of likely N-dealkylation sites (tertiary alicyclic amines) is 1. The molecule has 1 N–H and O–H groups in total. The highest BCUT2D eigenvalue weighted by Gasteiger charge is 2.29. The molecule has 0 aliphatic carbocycles. The average Bonchev–Trinajstić information content (AvgIpc) is 3.20. The van der Waals surface area contributed by atoms with Crippen molar-refractivity contribution < 1.29 is 4.79 Å². The summed E-state index contributed by atoms with van der Waals surface area (Å²) in [5, 5.41) is 3.63. The maximum atomic E-state index is 12.4. The van der Waals surface area contributed by atoms with Crippen LogP contribution in [0.25, 0.3) is 0 Å². The summed E-state index contributed by atoms with van der Waals surface area (Å²) in [5.41, 5.74) is 0. The van der Waals surface area contributed by atoms with Gasteiger partial charge in [0.15, 0.2) is 0 Å². The largest absolute Gasteiger partial charge is 0.340 e. The molecule has 1 aromatic rings. The van der Waals surface area contributed by atoms with Crippen molar-refractivity contribution in [1.82, 2.24) is 15.1 Å². The van der Waals surface area contributed by atoms with Gasteiger partial charge in [-0.1, -0.05) is 11.6 Å². The average molecular weight is 356 g/mol. The van der Waals surface area contributed by atoms with Gasteiger partial charge in [0.25, 0.3) is 0 Å². The molecule has 1 unspecified atom stereocenters. The first-order chi connectivity index (χ1) is 11.1. The minimum atomic E-state index is 0.201. The molecule has 23 heavy (non-hydrogen) atoms. The van der Waals surface area contributed by atoms with Gasteiger partial charge in [0, 0.05) is 18.0 Å². The Morgan fingerprint density at radius 1 is 1.39 bits per heavy atom. The number of rotatable bonds is 5. The zero-order chi connectivity index (χ0) is 16.2. The van der Waals surface area contributed by atoms with Crippen molar-refractivity contribution in [2.75, 3.05) is 33.2 Å². The van der Waals surface area contributed by atoms with Crippen LogP contribution in [0.3, 0.4) is 0 Å². The lowest BCUT2D eigenvalue weighted by molar-refractivity contribution is -0.132. The van der Waals surface area contributed by atoms with E-state index in [1.807, 2.05) is 24.1 Å². The number of thiophene rings is 1. The predicted octanol–water partition coefficient (Wildman–Crippen LogP) is 2.82. The summed E-state index contributed by atoms with van der Waals surface area (Å²) in [7, 11) is 1.88. The fourth-order valence-electron chi connectivity index (χ4n) is 3.70. The van der Waals surface area contributed by atoms with Crippen LogP contribution in [0.1, 0.15) is 30.6 Å². The smallest absolute Gasteiger partial charge is 0.236 e. The first-order valence-electron chi connectivity index (χ1n) is 8.56. The van der Waals surface area contributed by atoms with Gasteiger partial charge in [0.2, 0.25) is 5.91 Å². The van der Waals surface area contributed by atoms with E-state index in [4.69, 9.17) is 11.6 Å². The van der Waals surface area contributed by atoms with E-state index in [2.05, 4.69) is 10.2 Å². The van der Waals surface area contributed by atoms with Gasteiger partial charge in [-0.15, -0.1) is 11.3 Å². The molecule has 1 amide bonds. The molecule has 2 saturated heterocycles. The molecule has 3 rings (SSSR count). The van der Waals surface area contributed by atoms with E-state index in [1.54, 1.807) is 11.3 Å². The summed E-state index contributed by atoms with van der Waals surface area (Å²) < 4.78 is 0.781. The number of likely N-dealkylation sites (N-methyl/N-ethyl adjacent to an activating group) is 1. The Labute approximate surface area is 147 Å². The van der Waals surface area contributed by atoms with Gasteiger partial charge >= 0.3 is 0 Å². The van der Waals surface area contributed by atoms with Crippen molar-refractivity contribution in [1.29, 1.82) is 0 Å². The molecule has 0 radical (unpaired) electrons. The number of hydrogen-bond donors (Lipinski definition) is 1. The van der Waals surface area contributed by atoms with E-state index >= 15 is 0 Å². The van der Waals surface area contributed by atoms with Gasteiger partial charge < -0.3 is 10.2 Å². The number of carbonyl (C=O) groups excluding carboxylic acids is 1. The molecule has 2 aliphatic rings. The van der Waals surface area contributed by atoms with Crippen LogP contribution < -0.4 is 5.32 Å². The van der Waals surface area contributed by atoms with Gasteiger partial charge in [-0.25, -0.2) is 0 Å². The SMILES string of the molecule is CN(Cc1ccc(Cl)s1)C(=O)CN1CCC(C2CCCN2)CC1. The zero-order valence-electron chi connectivity index (χ0n) is 13.8. The minimum Gasteiger partial charge on any atom is -0.340 e. The number of carbonyl (C=O) groups is 1. The van der Waals surface area contributed by atoms with Crippen LogP contribution in [0, 0.1) is 5.92 Å². The molecule has 1 atom stereocenters. The van der Waals surface area contributed by atoms with E-state index < -0.39 is 0 Å². The van der Waals surface area contributed by atoms with Crippen molar-refractivity contribution in [3.8, 4) is 0 Å². The van der Waals surface area contributed by atoms with Crippen LogP contribution in [0.5, 0.6) is 0 Å². The van der Waals surface area contributed by atoms with Crippen molar-refractivity contribution in [3.05, 3.63) is 21.3 Å². The molecular weight excluding hydrogens is 330 g/mol. The van der Waals surface area contributed by atoms with Crippen LogP contribution in [-0.4, -0.2) is 55.0 Å². The Morgan fingerprint density at radius 3 is 2.78 bits per heavy atom. The van der Waals surface area contributed by atoms with E-state index in [0.717, 1.165) is 34.3 Å². The molecule has 3 heterocycles. The molecule has 0 saturated carbocycles. The zero-order valence-corrected chi connectivity index (χ0v) is 15.3. The second-order valence-electron chi connectivity index (χ2n) is 6.77. The minimum absolute atomic E-state index is 0.201. The van der Waals surface area contributed by atoms with Crippen LogP contribution in [0.15, 0.2) is 12.1 Å². The summed E-state index contributed by atoms with van der Waals surface area (Å²) >= 11 is 7.49. The van der Waals surface area contributed by atoms with E-state index in [-0.39, 0.29) is 5.91 Å². The topological polar surface area (TPSA) is 35.6 Å². The molecule has 2 fully saturated rings. The molecule has 128 valence electrons. The maximum absolute atomic E-state index is 12.4. The number of nitrogens with one attached hydrogen (secondary N) is 1. The summed E-state index contributed by atoms with van der Waals surface area (Å²) in [5.74, 6) is 1.00. The monoisotopic (exact) mass is 355 g/mol. The Morgan fingerprint density at radius 2 is 2.17 bits per heavy atom. The lowest BCUT2D eigenvalue weighted by Gasteiger charge is -2.35. The van der Waals surface area contributed by atoms with Gasteiger partial charge in [0.1, 0.15) is 0 Å². The summed E-state index contributed by atoms with van der Waals surface area (Å²) in [6.07, 6.45) is 5.08. The molecule has 6 heteroatoms. The fraction of sp³-hybridized carbons (Fsp3) is 0.706. The van der Waals surface area contributed by atoms with E-state index in [0.29, 0.717) is 13.1 Å². The third-order valence-electron chi connectivity index (χ3n) is 5.11. The normalized spacial score (nSPS) is 23.3. The molecule has 4 nitrogen and oxygen atoms in total. The lowest BCUT2D eigenvalue weighted by Crippen LogP contribution is -2.45. The summed E-state index contributed by atoms with van der Waals surface area (Å²) in [6, 6.07) is 4.61. The molecular formula is C17H26ClN3OS. The number of amides is 1. The maximum Gasteiger partial charge on any atom is 0.236 e. The Hall–Kier alpha value is -0.620. The third kappa shape index (κ3) is 4.69. The van der Waals surface area contributed by atoms with Gasteiger partial charge in [0.05, 0.1) is 17.4 Å². The van der Waals surface area contributed by atoms with Crippen molar-refractivity contribution >= 4 is 28.8 Å². The first-order valence-corrected chi connectivity index (χ1v) is 9.75. The van der Waals surface area contributed by atoms with Crippen LogP contribution >= 0.6 is 22.9 Å². The number of hydrogen-bond acceptors (Lipinski definition) is 4. The number of piperidine rings is 1. The van der Waals surface area contributed by atoms with Crippen molar-refractivity contribution in [2.45, 2.75) is 38.3 Å². The second kappa shape index (κ2) is 7.97. The molecule has 0 spiro atoms. The lowest BCUT2D eigenvalue weighted by atomic mass is 9.88. The Bertz CT molecular complexity index is 522. The van der Waals surface area contributed by atoms with E-state index in [9.17, 15) is 4.79 Å². The quantitative estimate of drug-likeness (QED) is 0.882. The van der Waals surface area contributed by atoms with Crippen LogP contribution in [0.2, 0.25) is 4.34 Å². The molecule has 2 aliphatic heterocycles. The Balaban J connectivity index is 1.41. The number of nitrogens with zero attached hydrogens (tertiary/aromatic N) is 2. The summed E-state index contributed by atoms with van der Waals surface area (Å²) in [6.45, 7) is 4.47. The Kier molecular flexibility index (Phi) is 5.96. The van der Waals surface area contributed by atoms with Gasteiger partial charge in [-0.3, -0.25) is 9.69 Å².